The first-order valence-corrected chi connectivity index (χ1v) is 9.23. The Bertz CT molecular complexity index is 697. The second kappa shape index (κ2) is 9.84. The van der Waals surface area contributed by atoms with Gasteiger partial charge in [-0.1, -0.05) is 25.1 Å². The van der Waals surface area contributed by atoms with Crippen molar-refractivity contribution in [2.75, 3.05) is 18.5 Å². The molecule has 1 N–H and O–H groups in total. The van der Waals surface area contributed by atoms with Crippen molar-refractivity contribution in [3.05, 3.63) is 46.8 Å². The first-order chi connectivity index (χ1) is 12.1. The molecular formula is C19H23NO4S. The molecule has 6 heteroatoms. The minimum atomic E-state index is -0.402. The third kappa shape index (κ3) is 5.90. The van der Waals surface area contributed by atoms with Crippen molar-refractivity contribution in [3.8, 4) is 5.75 Å². The van der Waals surface area contributed by atoms with Gasteiger partial charge >= 0.3 is 5.97 Å². The van der Waals surface area contributed by atoms with Crippen LogP contribution in [0.5, 0.6) is 5.75 Å². The Balaban J connectivity index is 1.85. The number of nitrogens with one attached hydrogen (secondary N) is 1. The largest absolute Gasteiger partial charge is 0.494 e. The van der Waals surface area contributed by atoms with Crippen LogP contribution in [0.3, 0.4) is 0 Å². The summed E-state index contributed by atoms with van der Waals surface area (Å²) >= 11 is 1.41. The highest BCUT2D eigenvalue weighted by atomic mass is 32.1. The monoisotopic (exact) mass is 361 g/mol. The molecule has 1 aromatic carbocycles. The van der Waals surface area contributed by atoms with E-state index in [0.717, 1.165) is 17.0 Å². The number of ether oxygens (including phenoxy) is 2. The van der Waals surface area contributed by atoms with Gasteiger partial charge in [0.25, 0.3) is 0 Å². The van der Waals surface area contributed by atoms with Crippen LogP contribution in [0.25, 0.3) is 0 Å². The molecule has 0 spiro atoms. The third-order valence-corrected chi connectivity index (χ3v) is 4.63. The molecule has 134 valence electrons. The number of anilines is 1. The summed E-state index contributed by atoms with van der Waals surface area (Å²) in [5.74, 6) is 0.256. The normalized spacial score (nSPS) is 10.3. The van der Waals surface area contributed by atoms with E-state index < -0.39 is 5.97 Å². The maximum atomic E-state index is 12.1. The van der Waals surface area contributed by atoms with E-state index in [1.54, 1.807) is 13.0 Å². The molecular weight excluding hydrogens is 338 g/mol. The van der Waals surface area contributed by atoms with Gasteiger partial charge in [0.2, 0.25) is 5.91 Å². The maximum Gasteiger partial charge on any atom is 0.341 e. The van der Waals surface area contributed by atoms with Gasteiger partial charge in [0.1, 0.15) is 10.8 Å². The van der Waals surface area contributed by atoms with E-state index in [2.05, 4.69) is 5.32 Å². The van der Waals surface area contributed by atoms with Crippen LogP contribution in [0.4, 0.5) is 5.00 Å². The van der Waals surface area contributed by atoms with E-state index in [0.29, 0.717) is 36.6 Å². The van der Waals surface area contributed by atoms with Crippen LogP contribution in [0.1, 0.15) is 41.9 Å². The number of aryl methyl sites for hydroxylation is 1. The molecule has 0 saturated heterocycles. The summed E-state index contributed by atoms with van der Waals surface area (Å²) in [6.45, 7) is 4.54. The maximum absolute atomic E-state index is 12.1. The van der Waals surface area contributed by atoms with Gasteiger partial charge in [0.05, 0.1) is 18.8 Å². The number of carbonyl (C=O) groups excluding carboxylic acids is 2. The van der Waals surface area contributed by atoms with Crippen molar-refractivity contribution in [2.24, 2.45) is 0 Å². The Hall–Kier alpha value is -2.34. The van der Waals surface area contributed by atoms with Crippen LogP contribution in [0.2, 0.25) is 0 Å². The van der Waals surface area contributed by atoms with Crippen molar-refractivity contribution >= 4 is 28.2 Å². The summed E-state index contributed by atoms with van der Waals surface area (Å²) in [5.41, 5.74) is 0.428. The Morgan fingerprint density at radius 3 is 2.60 bits per heavy atom. The number of thiophene rings is 1. The van der Waals surface area contributed by atoms with E-state index in [1.807, 2.05) is 37.3 Å². The zero-order valence-corrected chi connectivity index (χ0v) is 15.4. The van der Waals surface area contributed by atoms with Gasteiger partial charge in [0, 0.05) is 11.3 Å². The van der Waals surface area contributed by atoms with Crippen LogP contribution in [-0.2, 0) is 16.0 Å². The summed E-state index contributed by atoms with van der Waals surface area (Å²) in [6, 6.07) is 11.3. The minimum Gasteiger partial charge on any atom is -0.494 e. The fourth-order valence-electron chi connectivity index (χ4n) is 2.20. The molecule has 0 aliphatic rings. The molecule has 0 radical (unpaired) electrons. The highest BCUT2D eigenvalue weighted by Crippen LogP contribution is 2.29. The Morgan fingerprint density at radius 1 is 1.16 bits per heavy atom. The lowest BCUT2D eigenvalue weighted by atomic mass is 10.2. The standard InChI is InChI=1S/C19H23NO4S/c1-3-15-13-16(19(22)23-4-2)18(25-15)20-17(21)11-8-12-24-14-9-6-5-7-10-14/h5-7,9-10,13H,3-4,8,11-12H2,1-2H3,(H,20,21). The molecule has 1 amide bonds. The van der Waals surface area contributed by atoms with E-state index in [-0.39, 0.29) is 5.91 Å². The van der Waals surface area contributed by atoms with Gasteiger partial charge in [0.15, 0.2) is 0 Å². The Labute approximate surface area is 152 Å². The molecule has 2 rings (SSSR count). The van der Waals surface area contributed by atoms with E-state index in [1.165, 1.54) is 11.3 Å². The predicted octanol–water partition coefficient (Wildman–Crippen LogP) is 4.28. The minimum absolute atomic E-state index is 0.133. The van der Waals surface area contributed by atoms with Crippen molar-refractivity contribution in [2.45, 2.75) is 33.1 Å². The second-order valence-corrected chi connectivity index (χ2v) is 6.48. The van der Waals surface area contributed by atoms with Crippen molar-refractivity contribution < 1.29 is 19.1 Å². The number of hydrogen-bond acceptors (Lipinski definition) is 5. The molecule has 0 saturated carbocycles. The van der Waals surface area contributed by atoms with Gasteiger partial charge in [-0.2, -0.15) is 0 Å². The average molecular weight is 361 g/mol. The highest BCUT2D eigenvalue weighted by Gasteiger charge is 2.18. The quantitative estimate of drug-likeness (QED) is 0.535. The lowest BCUT2D eigenvalue weighted by Gasteiger charge is -2.07. The Kier molecular flexibility index (Phi) is 7.47. The van der Waals surface area contributed by atoms with Crippen LogP contribution < -0.4 is 10.1 Å². The fourth-order valence-corrected chi connectivity index (χ4v) is 3.20. The van der Waals surface area contributed by atoms with Crippen molar-refractivity contribution in [3.63, 3.8) is 0 Å². The van der Waals surface area contributed by atoms with E-state index >= 15 is 0 Å². The molecule has 1 aromatic heterocycles. The fraction of sp³-hybridized carbons (Fsp3) is 0.368. The SMILES string of the molecule is CCOC(=O)c1cc(CC)sc1NC(=O)CCCOc1ccccc1. The lowest BCUT2D eigenvalue weighted by Crippen LogP contribution is -2.14. The number of esters is 1. The molecule has 0 atom stereocenters. The molecule has 0 bridgehead atoms. The molecule has 5 nitrogen and oxygen atoms in total. The van der Waals surface area contributed by atoms with Gasteiger partial charge in [-0.15, -0.1) is 11.3 Å². The molecule has 0 unspecified atom stereocenters. The number of benzene rings is 1. The molecule has 2 aromatic rings. The van der Waals surface area contributed by atoms with E-state index in [4.69, 9.17) is 9.47 Å². The first-order valence-electron chi connectivity index (χ1n) is 8.41. The van der Waals surface area contributed by atoms with Crippen LogP contribution in [0, 0.1) is 0 Å². The lowest BCUT2D eigenvalue weighted by molar-refractivity contribution is -0.116. The number of hydrogen-bond donors (Lipinski definition) is 1. The summed E-state index contributed by atoms with van der Waals surface area (Å²) < 4.78 is 10.6. The van der Waals surface area contributed by atoms with Gasteiger partial charge < -0.3 is 14.8 Å². The molecule has 0 aliphatic carbocycles. The number of rotatable bonds is 9. The smallest absolute Gasteiger partial charge is 0.341 e. The molecule has 0 fully saturated rings. The van der Waals surface area contributed by atoms with Crippen molar-refractivity contribution in [1.82, 2.24) is 0 Å². The topological polar surface area (TPSA) is 64.6 Å². The zero-order chi connectivity index (χ0) is 18.1. The van der Waals surface area contributed by atoms with Crippen LogP contribution in [0.15, 0.2) is 36.4 Å². The van der Waals surface area contributed by atoms with E-state index in [9.17, 15) is 9.59 Å². The molecule has 0 aliphatic heterocycles. The zero-order valence-electron chi connectivity index (χ0n) is 14.5. The Morgan fingerprint density at radius 2 is 1.92 bits per heavy atom. The van der Waals surface area contributed by atoms with Crippen LogP contribution >= 0.6 is 11.3 Å². The summed E-state index contributed by atoms with van der Waals surface area (Å²) in [6.07, 6.45) is 1.73. The van der Waals surface area contributed by atoms with Crippen LogP contribution in [-0.4, -0.2) is 25.1 Å². The highest BCUT2D eigenvalue weighted by molar-refractivity contribution is 7.16. The number of para-hydroxylation sites is 1. The van der Waals surface area contributed by atoms with Gasteiger partial charge in [-0.3, -0.25) is 4.79 Å². The summed E-state index contributed by atoms with van der Waals surface area (Å²) in [4.78, 5) is 25.2. The number of carbonyl (C=O) groups is 2. The average Bonchev–Trinajstić information content (AvgIpc) is 3.03. The predicted molar refractivity (Wildman–Crippen MR) is 99.5 cm³/mol. The summed E-state index contributed by atoms with van der Waals surface area (Å²) in [5, 5.41) is 3.39. The number of amides is 1. The molecule has 1 heterocycles. The third-order valence-electron chi connectivity index (χ3n) is 3.44. The van der Waals surface area contributed by atoms with Gasteiger partial charge in [-0.25, -0.2) is 4.79 Å². The van der Waals surface area contributed by atoms with Gasteiger partial charge in [-0.05, 0) is 38.0 Å². The summed E-state index contributed by atoms with van der Waals surface area (Å²) in [7, 11) is 0. The first kappa shape index (κ1) is 19.0. The van der Waals surface area contributed by atoms with Crippen molar-refractivity contribution in [1.29, 1.82) is 0 Å². The second-order valence-electron chi connectivity index (χ2n) is 5.34. The molecule has 25 heavy (non-hydrogen) atoms.